The van der Waals surface area contributed by atoms with E-state index >= 15 is 0 Å². The first-order valence-corrected chi connectivity index (χ1v) is 9.52. The van der Waals surface area contributed by atoms with Gasteiger partial charge < -0.3 is 5.32 Å². The van der Waals surface area contributed by atoms with Crippen molar-refractivity contribution in [1.82, 2.24) is 4.31 Å². The number of likely N-dealkylation sites (N-methyl/N-ethyl adjacent to an activating group) is 1. The third-order valence-corrected chi connectivity index (χ3v) is 5.90. The molecule has 0 aromatic heterocycles. The maximum atomic E-state index is 12.5. The largest absolute Gasteiger partial charge is 0.325 e. The number of amides is 1. The smallest absolute Gasteiger partial charge is 0.243 e. The number of carbonyl (C=O) groups excluding carboxylic acids is 1. The van der Waals surface area contributed by atoms with Gasteiger partial charge in [-0.2, -0.15) is 4.31 Å². The first-order valence-electron chi connectivity index (χ1n) is 7.29. The molecular weight excluding hydrogens is 392 g/mol. The van der Waals surface area contributed by atoms with E-state index < -0.39 is 10.0 Å². The minimum Gasteiger partial charge on any atom is -0.325 e. The molecule has 1 N–H and O–H groups in total. The normalized spacial score (nSPS) is 11.5. The second-order valence-corrected chi connectivity index (χ2v) is 8.54. The summed E-state index contributed by atoms with van der Waals surface area (Å²) in [5.41, 5.74) is 2.63. The summed E-state index contributed by atoms with van der Waals surface area (Å²) in [4.78, 5) is 12.3. The number of halogens is 1. The number of carbonyl (C=O) groups is 1. The lowest BCUT2D eigenvalue weighted by Crippen LogP contribution is -2.35. The Morgan fingerprint density at radius 2 is 1.75 bits per heavy atom. The summed E-state index contributed by atoms with van der Waals surface area (Å²) in [7, 11) is -2.32. The topological polar surface area (TPSA) is 66.5 Å². The van der Waals surface area contributed by atoms with Gasteiger partial charge in [0, 0.05) is 17.2 Å². The highest BCUT2D eigenvalue weighted by atomic mass is 79.9. The molecule has 7 heteroatoms. The maximum absolute atomic E-state index is 12.5. The summed E-state index contributed by atoms with van der Waals surface area (Å²) in [6.07, 6.45) is 0. The molecule has 0 fully saturated rings. The number of benzene rings is 2. The van der Waals surface area contributed by atoms with Crippen molar-refractivity contribution >= 4 is 37.5 Å². The highest BCUT2D eigenvalue weighted by Gasteiger charge is 2.23. The summed E-state index contributed by atoms with van der Waals surface area (Å²) in [5, 5.41) is 2.76. The van der Waals surface area contributed by atoms with Crippen molar-refractivity contribution in [3.8, 4) is 0 Å². The van der Waals surface area contributed by atoms with Crippen LogP contribution in [0.5, 0.6) is 0 Å². The Hall–Kier alpha value is -1.70. The predicted octanol–water partition coefficient (Wildman–Crippen LogP) is 3.33. The van der Waals surface area contributed by atoms with Crippen molar-refractivity contribution in [2.45, 2.75) is 18.7 Å². The monoisotopic (exact) mass is 410 g/mol. The van der Waals surface area contributed by atoms with Crippen LogP contribution in [-0.2, 0) is 14.8 Å². The molecule has 0 aliphatic rings. The Labute approximate surface area is 150 Å². The lowest BCUT2D eigenvalue weighted by Gasteiger charge is -2.17. The quantitative estimate of drug-likeness (QED) is 0.821. The average molecular weight is 411 g/mol. The minimum absolute atomic E-state index is 0.146. The highest BCUT2D eigenvalue weighted by molar-refractivity contribution is 9.10. The van der Waals surface area contributed by atoms with Crippen LogP contribution in [0, 0.1) is 13.8 Å². The van der Waals surface area contributed by atoms with Gasteiger partial charge in [0.05, 0.1) is 11.4 Å². The molecule has 0 aliphatic carbocycles. The molecule has 0 aliphatic heterocycles. The molecule has 0 spiro atoms. The van der Waals surface area contributed by atoms with Gasteiger partial charge in [0.25, 0.3) is 0 Å². The summed E-state index contributed by atoms with van der Waals surface area (Å²) < 4.78 is 26.8. The number of nitrogens with one attached hydrogen (secondary N) is 1. The van der Waals surface area contributed by atoms with E-state index in [1.807, 2.05) is 32.0 Å². The van der Waals surface area contributed by atoms with Crippen LogP contribution in [0.1, 0.15) is 11.1 Å². The molecule has 5 nitrogen and oxygen atoms in total. The zero-order valence-electron chi connectivity index (χ0n) is 13.7. The zero-order valence-corrected chi connectivity index (χ0v) is 16.1. The van der Waals surface area contributed by atoms with Crippen LogP contribution in [0.2, 0.25) is 0 Å². The molecule has 2 rings (SSSR count). The molecule has 128 valence electrons. The first-order chi connectivity index (χ1) is 11.2. The fraction of sp³-hybridized carbons (Fsp3) is 0.235. The van der Waals surface area contributed by atoms with Crippen LogP contribution in [0.3, 0.4) is 0 Å². The number of anilines is 1. The summed E-state index contributed by atoms with van der Waals surface area (Å²) in [5.74, 6) is -0.383. The van der Waals surface area contributed by atoms with Crippen molar-refractivity contribution in [1.29, 1.82) is 0 Å². The van der Waals surface area contributed by atoms with Gasteiger partial charge >= 0.3 is 0 Å². The van der Waals surface area contributed by atoms with Crippen LogP contribution in [0.15, 0.2) is 51.8 Å². The fourth-order valence-electron chi connectivity index (χ4n) is 2.13. The van der Waals surface area contributed by atoms with Gasteiger partial charge in [-0.05, 0) is 55.3 Å². The molecule has 24 heavy (non-hydrogen) atoms. The van der Waals surface area contributed by atoms with E-state index in [-0.39, 0.29) is 17.3 Å². The summed E-state index contributed by atoms with van der Waals surface area (Å²) in [6.45, 7) is 3.56. The molecule has 0 radical (unpaired) electrons. The molecule has 2 aromatic rings. The maximum Gasteiger partial charge on any atom is 0.243 e. The molecule has 0 unspecified atom stereocenters. The predicted molar refractivity (Wildman–Crippen MR) is 98.5 cm³/mol. The number of aryl methyl sites for hydroxylation is 2. The molecule has 0 saturated carbocycles. The Morgan fingerprint density at radius 1 is 1.12 bits per heavy atom. The zero-order chi connectivity index (χ0) is 17.9. The van der Waals surface area contributed by atoms with Crippen molar-refractivity contribution in [3.63, 3.8) is 0 Å². The minimum atomic E-state index is -3.71. The lowest BCUT2D eigenvalue weighted by molar-refractivity contribution is -0.116. The van der Waals surface area contributed by atoms with Crippen LogP contribution < -0.4 is 5.32 Å². The Bertz CT molecular complexity index is 849. The Morgan fingerprint density at radius 3 is 2.38 bits per heavy atom. The van der Waals surface area contributed by atoms with Crippen molar-refractivity contribution in [2.75, 3.05) is 18.9 Å². The van der Waals surface area contributed by atoms with Crippen LogP contribution in [0.25, 0.3) is 0 Å². The van der Waals surface area contributed by atoms with Gasteiger partial charge in [0.1, 0.15) is 0 Å². The van der Waals surface area contributed by atoms with Crippen LogP contribution >= 0.6 is 15.9 Å². The second-order valence-electron chi connectivity index (χ2n) is 5.58. The highest BCUT2D eigenvalue weighted by Crippen LogP contribution is 2.19. The number of hydrogen-bond acceptors (Lipinski definition) is 3. The van der Waals surface area contributed by atoms with Gasteiger partial charge in [-0.15, -0.1) is 0 Å². The van der Waals surface area contributed by atoms with Gasteiger partial charge in [-0.3, -0.25) is 4.79 Å². The summed E-state index contributed by atoms with van der Waals surface area (Å²) in [6, 6.07) is 12.0. The third-order valence-electron chi connectivity index (χ3n) is 3.56. The third kappa shape index (κ3) is 4.43. The van der Waals surface area contributed by atoms with Gasteiger partial charge in [0.2, 0.25) is 15.9 Å². The molecule has 0 atom stereocenters. The van der Waals surface area contributed by atoms with Crippen LogP contribution in [0.4, 0.5) is 5.69 Å². The SMILES string of the molecule is Cc1ccc(C)c(NC(=O)CN(C)S(=O)(=O)c2ccc(Br)cc2)c1. The second kappa shape index (κ2) is 7.46. The standard InChI is InChI=1S/C17H19BrN2O3S/c1-12-4-5-13(2)16(10-12)19-17(21)11-20(3)24(22,23)15-8-6-14(18)7-9-15/h4-10H,11H2,1-3H3,(H,19,21). The lowest BCUT2D eigenvalue weighted by atomic mass is 10.1. The number of nitrogens with zero attached hydrogens (tertiary/aromatic N) is 1. The van der Waals surface area contributed by atoms with E-state index in [1.54, 1.807) is 12.1 Å². The number of hydrogen-bond donors (Lipinski definition) is 1. The van der Waals surface area contributed by atoms with Crippen molar-refractivity contribution < 1.29 is 13.2 Å². The molecule has 1 amide bonds. The molecule has 0 saturated heterocycles. The summed E-state index contributed by atoms with van der Waals surface area (Å²) >= 11 is 3.27. The number of sulfonamides is 1. The molecule has 2 aromatic carbocycles. The first kappa shape index (κ1) is 18.6. The van der Waals surface area contributed by atoms with E-state index in [1.165, 1.54) is 19.2 Å². The van der Waals surface area contributed by atoms with E-state index in [9.17, 15) is 13.2 Å². The average Bonchev–Trinajstić information content (AvgIpc) is 2.51. The Balaban J connectivity index is 2.10. The van der Waals surface area contributed by atoms with E-state index in [4.69, 9.17) is 0 Å². The van der Waals surface area contributed by atoms with Crippen molar-refractivity contribution in [2.24, 2.45) is 0 Å². The van der Waals surface area contributed by atoms with Gasteiger partial charge in [0.15, 0.2) is 0 Å². The Kier molecular flexibility index (Phi) is 5.79. The van der Waals surface area contributed by atoms with E-state index in [0.29, 0.717) is 5.69 Å². The van der Waals surface area contributed by atoms with Gasteiger partial charge in [-0.1, -0.05) is 28.1 Å². The molecular formula is C17H19BrN2O3S. The van der Waals surface area contributed by atoms with Crippen LogP contribution in [-0.4, -0.2) is 32.2 Å². The molecule has 0 bridgehead atoms. The van der Waals surface area contributed by atoms with Gasteiger partial charge in [-0.25, -0.2) is 8.42 Å². The van der Waals surface area contributed by atoms with E-state index in [0.717, 1.165) is 19.9 Å². The number of rotatable bonds is 5. The fourth-order valence-corrected chi connectivity index (χ4v) is 3.53. The molecule has 0 heterocycles. The van der Waals surface area contributed by atoms with E-state index in [2.05, 4.69) is 21.2 Å². The van der Waals surface area contributed by atoms with Crippen molar-refractivity contribution in [3.05, 3.63) is 58.1 Å².